The maximum absolute atomic E-state index is 12.0. The standard InChI is InChI=1S/C15H20N2O4/c1-20-12-7-5-11(6-8-12)16-15(19)17-13(10-3-4-10)9-14(18)21-2/h5-8,10,13H,3-4,9H2,1-2H3,(H2,16,17,19). The highest BCUT2D eigenvalue weighted by molar-refractivity contribution is 5.89. The highest BCUT2D eigenvalue weighted by Crippen LogP contribution is 2.34. The van der Waals surface area contributed by atoms with Crippen LogP contribution in [0.3, 0.4) is 0 Å². The number of anilines is 1. The number of hydrogen-bond donors (Lipinski definition) is 2. The molecule has 0 spiro atoms. The lowest BCUT2D eigenvalue weighted by atomic mass is 10.1. The molecule has 1 unspecified atom stereocenters. The number of ether oxygens (including phenoxy) is 2. The number of rotatable bonds is 6. The fraction of sp³-hybridized carbons (Fsp3) is 0.467. The Labute approximate surface area is 123 Å². The van der Waals surface area contributed by atoms with Crippen LogP contribution in [0.25, 0.3) is 0 Å². The minimum absolute atomic E-state index is 0.171. The van der Waals surface area contributed by atoms with E-state index in [9.17, 15) is 9.59 Å². The van der Waals surface area contributed by atoms with Crippen molar-refractivity contribution in [1.82, 2.24) is 5.32 Å². The van der Waals surface area contributed by atoms with Gasteiger partial charge in [0, 0.05) is 11.7 Å². The van der Waals surface area contributed by atoms with Gasteiger partial charge >= 0.3 is 12.0 Å². The van der Waals surface area contributed by atoms with Crippen LogP contribution in [0, 0.1) is 5.92 Å². The van der Waals surface area contributed by atoms with E-state index in [0.29, 0.717) is 11.6 Å². The predicted octanol–water partition coefficient (Wildman–Crippen LogP) is 2.16. The van der Waals surface area contributed by atoms with Crippen LogP contribution in [0.4, 0.5) is 10.5 Å². The molecule has 1 saturated carbocycles. The third kappa shape index (κ3) is 4.66. The molecule has 2 amide bonds. The van der Waals surface area contributed by atoms with Gasteiger partial charge in [-0.05, 0) is 43.0 Å². The van der Waals surface area contributed by atoms with Crippen molar-refractivity contribution in [3.8, 4) is 5.75 Å². The van der Waals surface area contributed by atoms with Gasteiger partial charge in [0.2, 0.25) is 0 Å². The first-order valence-electron chi connectivity index (χ1n) is 6.90. The zero-order valence-electron chi connectivity index (χ0n) is 12.2. The van der Waals surface area contributed by atoms with Crippen molar-refractivity contribution in [2.75, 3.05) is 19.5 Å². The number of esters is 1. The van der Waals surface area contributed by atoms with E-state index in [1.54, 1.807) is 31.4 Å². The van der Waals surface area contributed by atoms with Crippen LogP contribution in [-0.2, 0) is 9.53 Å². The average molecular weight is 292 g/mol. The zero-order chi connectivity index (χ0) is 15.2. The molecule has 6 nitrogen and oxygen atoms in total. The number of urea groups is 1. The van der Waals surface area contributed by atoms with Crippen LogP contribution >= 0.6 is 0 Å². The Morgan fingerprint density at radius 2 is 1.90 bits per heavy atom. The van der Waals surface area contributed by atoms with Crippen molar-refractivity contribution in [3.63, 3.8) is 0 Å². The molecule has 1 aliphatic carbocycles. The molecule has 0 saturated heterocycles. The van der Waals surface area contributed by atoms with Crippen LogP contribution in [0.5, 0.6) is 5.75 Å². The van der Waals surface area contributed by atoms with Crippen LogP contribution in [-0.4, -0.2) is 32.3 Å². The first kappa shape index (κ1) is 15.2. The van der Waals surface area contributed by atoms with Gasteiger partial charge in [-0.2, -0.15) is 0 Å². The van der Waals surface area contributed by atoms with Gasteiger partial charge in [0.25, 0.3) is 0 Å². The average Bonchev–Trinajstić information content (AvgIpc) is 3.31. The van der Waals surface area contributed by atoms with Crippen molar-refractivity contribution in [2.45, 2.75) is 25.3 Å². The molecule has 0 radical (unpaired) electrons. The maximum Gasteiger partial charge on any atom is 0.319 e. The number of nitrogens with one attached hydrogen (secondary N) is 2. The summed E-state index contributed by atoms with van der Waals surface area (Å²) in [6.07, 6.45) is 2.27. The van der Waals surface area contributed by atoms with E-state index in [-0.39, 0.29) is 24.5 Å². The summed E-state index contributed by atoms with van der Waals surface area (Å²) in [4.78, 5) is 23.3. The number of carbonyl (C=O) groups excluding carboxylic acids is 2. The number of carbonyl (C=O) groups is 2. The molecule has 6 heteroatoms. The molecular formula is C15H20N2O4. The smallest absolute Gasteiger partial charge is 0.319 e. The quantitative estimate of drug-likeness (QED) is 0.788. The van der Waals surface area contributed by atoms with Crippen LogP contribution in [0.1, 0.15) is 19.3 Å². The first-order valence-corrected chi connectivity index (χ1v) is 6.90. The molecule has 21 heavy (non-hydrogen) atoms. The van der Waals surface area contributed by atoms with Crippen molar-refractivity contribution < 1.29 is 19.1 Å². The summed E-state index contributed by atoms with van der Waals surface area (Å²) in [5.41, 5.74) is 0.668. The van der Waals surface area contributed by atoms with Gasteiger partial charge in [0.1, 0.15) is 5.75 Å². The molecular weight excluding hydrogens is 272 g/mol. The lowest BCUT2D eigenvalue weighted by molar-refractivity contribution is -0.141. The van der Waals surface area contributed by atoms with Crippen molar-refractivity contribution >= 4 is 17.7 Å². The highest BCUT2D eigenvalue weighted by Gasteiger charge is 2.34. The van der Waals surface area contributed by atoms with Gasteiger partial charge < -0.3 is 20.1 Å². The molecule has 0 aliphatic heterocycles. The summed E-state index contributed by atoms with van der Waals surface area (Å²) in [7, 11) is 2.94. The molecule has 0 bridgehead atoms. The summed E-state index contributed by atoms with van der Waals surface area (Å²) in [6.45, 7) is 0. The SMILES string of the molecule is COC(=O)CC(NC(=O)Nc1ccc(OC)cc1)C1CC1. The molecule has 0 aromatic heterocycles. The summed E-state index contributed by atoms with van der Waals surface area (Å²) in [5.74, 6) is 0.782. The first-order chi connectivity index (χ1) is 10.1. The summed E-state index contributed by atoms with van der Waals surface area (Å²) in [6, 6.07) is 6.55. The lowest BCUT2D eigenvalue weighted by Gasteiger charge is -2.17. The highest BCUT2D eigenvalue weighted by atomic mass is 16.5. The maximum atomic E-state index is 12.0. The largest absolute Gasteiger partial charge is 0.497 e. The molecule has 114 valence electrons. The van der Waals surface area contributed by atoms with Gasteiger partial charge in [-0.25, -0.2) is 4.79 Å². The second-order valence-corrected chi connectivity index (χ2v) is 5.05. The van der Waals surface area contributed by atoms with E-state index in [4.69, 9.17) is 4.74 Å². The Bertz CT molecular complexity index is 497. The van der Waals surface area contributed by atoms with Gasteiger partial charge in [-0.3, -0.25) is 4.79 Å². The monoisotopic (exact) mass is 292 g/mol. The Hall–Kier alpha value is -2.24. The van der Waals surface area contributed by atoms with E-state index >= 15 is 0 Å². The number of hydrogen-bond acceptors (Lipinski definition) is 4. The Morgan fingerprint density at radius 1 is 1.24 bits per heavy atom. The number of methoxy groups -OCH3 is 2. The third-order valence-corrected chi connectivity index (χ3v) is 3.47. The topological polar surface area (TPSA) is 76.7 Å². The normalized spacial score (nSPS) is 15.0. The Kier molecular flexibility index (Phi) is 5.03. The van der Waals surface area contributed by atoms with Gasteiger partial charge in [0.15, 0.2) is 0 Å². The minimum Gasteiger partial charge on any atom is -0.497 e. The van der Waals surface area contributed by atoms with E-state index in [0.717, 1.165) is 18.6 Å². The second-order valence-electron chi connectivity index (χ2n) is 5.05. The van der Waals surface area contributed by atoms with Crippen molar-refractivity contribution in [2.24, 2.45) is 5.92 Å². The minimum atomic E-state index is -0.319. The molecule has 2 rings (SSSR count). The molecule has 1 atom stereocenters. The molecule has 0 heterocycles. The number of benzene rings is 1. The fourth-order valence-electron chi connectivity index (χ4n) is 2.11. The summed E-state index contributed by atoms with van der Waals surface area (Å²) < 4.78 is 9.71. The zero-order valence-corrected chi connectivity index (χ0v) is 12.2. The fourth-order valence-corrected chi connectivity index (χ4v) is 2.11. The van der Waals surface area contributed by atoms with Crippen LogP contribution < -0.4 is 15.4 Å². The van der Waals surface area contributed by atoms with E-state index in [2.05, 4.69) is 15.4 Å². The van der Waals surface area contributed by atoms with Crippen molar-refractivity contribution in [3.05, 3.63) is 24.3 Å². The lowest BCUT2D eigenvalue weighted by Crippen LogP contribution is -2.40. The van der Waals surface area contributed by atoms with Crippen molar-refractivity contribution in [1.29, 1.82) is 0 Å². The van der Waals surface area contributed by atoms with E-state index < -0.39 is 0 Å². The Morgan fingerprint density at radius 3 is 2.43 bits per heavy atom. The van der Waals surface area contributed by atoms with Gasteiger partial charge in [-0.1, -0.05) is 0 Å². The molecule has 1 fully saturated rings. The number of amides is 2. The van der Waals surface area contributed by atoms with E-state index in [1.165, 1.54) is 7.11 Å². The third-order valence-electron chi connectivity index (χ3n) is 3.47. The predicted molar refractivity (Wildman–Crippen MR) is 78.3 cm³/mol. The summed E-state index contributed by atoms with van der Waals surface area (Å²) in [5, 5.41) is 5.58. The second kappa shape index (κ2) is 6.97. The van der Waals surface area contributed by atoms with Gasteiger partial charge in [-0.15, -0.1) is 0 Å². The van der Waals surface area contributed by atoms with Crippen LogP contribution in [0.15, 0.2) is 24.3 Å². The molecule has 1 aromatic carbocycles. The molecule has 1 aromatic rings. The summed E-state index contributed by atoms with van der Waals surface area (Å²) >= 11 is 0. The van der Waals surface area contributed by atoms with Crippen LogP contribution in [0.2, 0.25) is 0 Å². The Balaban J connectivity index is 1.87. The molecule has 1 aliphatic rings. The van der Waals surface area contributed by atoms with E-state index in [1.807, 2.05) is 0 Å². The molecule has 2 N–H and O–H groups in total. The van der Waals surface area contributed by atoms with Gasteiger partial charge in [0.05, 0.1) is 20.6 Å².